The van der Waals surface area contributed by atoms with Gasteiger partial charge in [-0.25, -0.2) is 0 Å². The summed E-state index contributed by atoms with van der Waals surface area (Å²) >= 11 is 1.71. The average Bonchev–Trinajstić information content (AvgIpc) is 2.72. The highest BCUT2D eigenvalue weighted by atomic mass is 32.2. The first kappa shape index (κ1) is 14.8. The van der Waals surface area contributed by atoms with Crippen molar-refractivity contribution in [1.82, 2.24) is 15.8 Å². The number of hydrogen-bond acceptors (Lipinski definition) is 6. The van der Waals surface area contributed by atoms with Gasteiger partial charge in [0.1, 0.15) is 22.2 Å². The lowest BCUT2D eigenvalue weighted by atomic mass is 10.3. The minimum absolute atomic E-state index is 0.732. The van der Waals surface area contributed by atoms with E-state index in [0.29, 0.717) is 0 Å². The van der Waals surface area contributed by atoms with E-state index in [1.54, 1.807) is 18.9 Å². The molecule has 1 aromatic carbocycles. The van der Waals surface area contributed by atoms with Crippen LogP contribution in [-0.2, 0) is 0 Å². The van der Waals surface area contributed by atoms with Crippen molar-refractivity contribution >= 4 is 18.0 Å². The predicted octanol–water partition coefficient (Wildman–Crippen LogP) is 2.70. The Morgan fingerprint density at radius 1 is 1.32 bits per heavy atom. The maximum atomic E-state index is 5.21. The van der Waals surface area contributed by atoms with Crippen LogP contribution in [0.15, 0.2) is 56.3 Å². The summed E-state index contributed by atoms with van der Waals surface area (Å²) in [6, 6.07) is 8.10. The molecule has 0 fully saturated rings. The molecule has 0 aromatic heterocycles. The van der Waals surface area contributed by atoms with Gasteiger partial charge in [-0.2, -0.15) is 0 Å². The first-order chi connectivity index (χ1) is 10.7. The molecular weight excluding hydrogens is 296 g/mol. The van der Waals surface area contributed by atoms with Crippen molar-refractivity contribution in [3.05, 3.63) is 46.4 Å². The number of hydrogen-bond donors (Lipinski definition) is 2. The Morgan fingerprint density at radius 3 is 2.77 bits per heavy atom. The van der Waals surface area contributed by atoms with E-state index in [9.17, 15) is 0 Å². The first-order valence-electron chi connectivity index (χ1n) is 7.31. The van der Waals surface area contributed by atoms with Crippen molar-refractivity contribution in [1.29, 1.82) is 0 Å². The molecule has 1 aromatic rings. The zero-order valence-electron chi connectivity index (χ0n) is 13.0. The molecule has 0 aliphatic carbocycles. The summed E-state index contributed by atoms with van der Waals surface area (Å²) in [6.07, 6.45) is 1.92. The Kier molecular flexibility index (Phi) is 4.29. The number of likely N-dealkylation sites (N-methyl/N-ethyl adjacent to an activating group) is 1. The van der Waals surface area contributed by atoms with Gasteiger partial charge < -0.3 is 15.5 Å². The van der Waals surface area contributed by atoms with Gasteiger partial charge in [0.2, 0.25) is 0 Å². The Bertz CT molecular complexity index is 649. The molecule has 2 N–H and O–H groups in total. The Hall–Kier alpha value is -2.08. The van der Waals surface area contributed by atoms with E-state index in [-0.39, 0.29) is 0 Å². The number of thioether (sulfide) groups is 1. The topological polar surface area (TPSA) is 48.9 Å². The zero-order chi connectivity index (χ0) is 15.5. The molecule has 2 aliphatic heterocycles. The maximum Gasteiger partial charge on any atom is 0.118 e. The monoisotopic (exact) mass is 316 g/mol. The molecule has 0 saturated carbocycles. The van der Waals surface area contributed by atoms with Crippen molar-refractivity contribution in [3.63, 3.8) is 0 Å². The summed E-state index contributed by atoms with van der Waals surface area (Å²) in [6.45, 7) is 5.79. The van der Waals surface area contributed by atoms with Gasteiger partial charge in [-0.05, 0) is 38.1 Å². The number of nitrogens with zero attached hydrogens (tertiary/aromatic N) is 2. The van der Waals surface area contributed by atoms with Crippen molar-refractivity contribution in [3.8, 4) is 5.75 Å². The highest BCUT2D eigenvalue weighted by Crippen LogP contribution is 2.36. The zero-order valence-corrected chi connectivity index (χ0v) is 13.8. The van der Waals surface area contributed by atoms with Crippen molar-refractivity contribution < 1.29 is 4.74 Å². The van der Waals surface area contributed by atoms with Gasteiger partial charge in [0.15, 0.2) is 0 Å². The van der Waals surface area contributed by atoms with E-state index >= 15 is 0 Å². The second kappa shape index (κ2) is 6.36. The standard InChI is InChI=1S/C16H20N4OS/c1-4-20-15-14(11(2)19-20)17-9-10-18-16(15)22-13-7-5-12(21-3)6-8-13/h5-9,18-19H,4,10H2,1-3H3. The minimum Gasteiger partial charge on any atom is -0.497 e. The van der Waals surface area contributed by atoms with Gasteiger partial charge >= 0.3 is 0 Å². The van der Waals surface area contributed by atoms with Gasteiger partial charge in [0, 0.05) is 17.7 Å². The molecule has 0 unspecified atom stereocenters. The predicted molar refractivity (Wildman–Crippen MR) is 90.6 cm³/mol. The van der Waals surface area contributed by atoms with Crippen LogP contribution in [0, 0.1) is 0 Å². The molecule has 6 heteroatoms. The highest BCUT2D eigenvalue weighted by Gasteiger charge is 2.28. The van der Waals surface area contributed by atoms with Crippen LogP contribution >= 0.6 is 11.8 Å². The SMILES string of the molecule is CCN1NC(C)=C2N=CCNC(Sc3ccc(OC)cc3)=C21. The fourth-order valence-corrected chi connectivity index (χ4v) is 3.41. The number of aliphatic imine (C=N–C) groups is 1. The minimum atomic E-state index is 0.732. The molecule has 0 saturated heterocycles. The molecule has 0 atom stereocenters. The number of nitrogens with one attached hydrogen (secondary N) is 2. The smallest absolute Gasteiger partial charge is 0.118 e. The summed E-state index contributed by atoms with van der Waals surface area (Å²) in [5.74, 6) is 0.869. The summed E-state index contributed by atoms with van der Waals surface area (Å²) in [4.78, 5) is 5.74. The number of hydrazine groups is 1. The van der Waals surface area contributed by atoms with Gasteiger partial charge in [-0.3, -0.25) is 10.0 Å². The fourth-order valence-electron chi connectivity index (χ4n) is 2.45. The van der Waals surface area contributed by atoms with E-state index in [4.69, 9.17) is 4.74 Å². The van der Waals surface area contributed by atoms with E-state index in [1.165, 1.54) is 0 Å². The number of fused-ring (bicyclic) bond motifs is 1. The molecule has 0 amide bonds. The quantitative estimate of drug-likeness (QED) is 0.894. The van der Waals surface area contributed by atoms with E-state index < -0.39 is 0 Å². The van der Waals surface area contributed by atoms with Crippen molar-refractivity contribution in [2.24, 2.45) is 4.99 Å². The Morgan fingerprint density at radius 2 is 2.09 bits per heavy atom. The van der Waals surface area contributed by atoms with Crippen molar-refractivity contribution in [2.45, 2.75) is 18.7 Å². The lowest BCUT2D eigenvalue weighted by Gasteiger charge is -2.22. The van der Waals surface area contributed by atoms with Crippen LogP contribution in [0.4, 0.5) is 0 Å². The number of methoxy groups -OCH3 is 1. The Labute approximate surface area is 135 Å². The number of benzene rings is 1. The van der Waals surface area contributed by atoms with Gasteiger partial charge in [0.05, 0.1) is 19.4 Å². The van der Waals surface area contributed by atoms with Crippen LogP contribution in [0.5, 0.6) is 5.75 Å². The van der Waals surface area contributed by atoms with Crippen LogP contribution < -0.4 is 15.5 Å². The fraction of sp³-hybridized carbons (Fsp3) is 0.312. The Balaban J connectivity index is 1.94. The molecule has 2 heterocycles. The third kappa shape index (κ3) is 2.78. The van der Waals surface area contributed by atoms with Crippen LogP contribution in [0.2, 0.25) is 0 Å². The molecule has 0 radical (unpaired) electrons. The number of rotatable bonds is 4. The second-order valence-corrected chi connectivity index (χ2v) is 6.06. The maximum absolute atomic E-state index is 5.21. The van der Waals surface area contributed by atoms with Gasteiger partial charge in [0.25, 0.3) is 0 Å². The molecule has 116 valence electrons. The van der Waals surface area contributed by atoms with Crippen LogP contribution in [-0.4, -0.2) is 31.4 Å². The third-order valence-electron chi connectivity index (χ3n) is 3.54. The number of allylic oxidation sites excluding steroid dienone is 1. The van der Waals surface area contributed by atoms with E-state index in [1.807, 2.05) is 18.3 Å². The van der Waals surface area contributed by atoms with E-state index in [2.05, 4.69) is 46.7 Å². The first-order valence-corrected chi connectivity index (χ1v) is 8.12. The molecule has 22 heavy (non-hydrogen) atoms. The molecule has 0 bridgehead atoms. The lowest BCUT2D eigenvalue weighted by molar-refractivity contribution is 0.317. The van der Waals surface area contributed by atoms with Crippen LogP contribution in [0.3, 0.4) is 0 Å². The number of ether oxygens (including phenoxy) is 1. The van der Waals surface area contributed by atoms with Crippen LogP contribution in [0.25, 0.3) is 0 Å². The molecule has 2 aliphatic rings. The van der Waals surface area contributed by atoms with Crippen LogP contribution in [0.1, 0.15) is 13.8 Å². The second-order valence-electron chi connectivity index (χ2n) is 4.98. The average molecular weight is 316 g/mol. The molecule has 3 rings (SSSR count). The summed E-state index contributed by atoms with van der Waals surface area (Å²) in [5, 5.41) is 6.71. The molecular formula is C16H20N4OS. The van der Waals surface area contributed by atoms with Crippen molar-refractivity contribution in [2.75, 3.05) is 20.2 Å². The molecule has 0 spiro atoms. The summed E-state index contributed by atoms with van der Waals surface area (Å²) in [7, 11) is 1.68. The third-order valence-corrected chi connectivity index (χ3v) is 4.59. The van der Waals surface area contributed by atoms with Gasteiger partial charge in [-0.1, -0.05) is 11.8 Å². The largest absolute Gasteiger partial charge is 0.497 e. The van der Waals surface area contributed by atoms with Gasteiger partial charge in [-0.15, -0.1) is 0 Å². The lowest BCUT2D eigenvalue weighted by Crippen LogP contribution is -2.32. The normalized spacial score (nSPS) is 17.1. The highest BCUT2D eigenvalue weighted by molar-refractivity contribution is 8.03. The van der Waals surface area contributed by atoms with E-state index in [0.717, 1.165) is 45.9 Å². The summed E-state index contributed by atoms with van der Waals surface area (Å²) in [5.41, 5.74) is 6.60. The summed E-state index contributed by atoms with van der Waals surface area (Å²) < 4.78 is 5.21. The molecule has 5 nitrogen and oxygen atoms in total.